The van der Waals surface area contributed by atoms with Crippen LogP contribution in [-0.4, -0.2) is 33.1 Å². The molecule has 1 amide bonds. The van der Waals surface area contributed by atoms with E-state index in [1.54, 1.807) is 13.8 Å². The fourth-order valence-electron chi connectivity index (χ4n) is 2.16. The predicted molar refractivity (Wildman–Crippen MR) is 49.1 cm³/mol. The van der Waals surface area contributed by atoms with Crippen molar-refractivity contribution in [2.24, 2.45) is 11.7 Å². The van der Waals surface area contributed by atoms with Crippen LogP contribution in [0.1, 0.15) is 27.7 Å². The molecule has 0 saturated carbocycles. The molecular formula is C9H17NO4. The molecule has 1 saturated heterocycles. The number of hydrogen-bond donors (Lipinski definition) is 3. The van der Waals surface area contributed by atoms with E-state index in [1.807, 2.05) is 0 Å². The van der Waals surface area contributed by atoms with Crippen LogP contribution in [0.3, 0.4) is 0 Å². The summed E-state index contributed by atoms with van der Waals surface area (Å²) < 4.78 is 5.42. The van der Waals surface area contributed by atoms with Crippen molar-refractivity contribution in [1.82, 2.24) is 0 Å². The number of amides is 1. The molecule has 82 valence electrons. The maximum absolute atomic E-state index is 11.1. The molecule has 1 atom stereocenters. The molecule has 5 heteroatoms. The lowest BCUT2D eigenvalue weighted by Gasteiger charge is -2.31. The van der Waals surface area contributed by atoms with Crippen molar-refractivity contribution in [2.45, 2.75) is 44.7 Å². The second-order valence-corrected chi connectivity index (χ2v) is 4.78. The van der Waals surface area contributed by atoms with Crippen LogP contribution in [-0.2, 0) is 9.53 Å². The molecule has 1 fully saturated rings. The fraction of sp³-hybridized carbons (Fsp3) is 0.889. The van der Waals surface area contributed by atoms with Crippen LogP contribution in [0.15, 0.2) is 0 Å². The maximum Gasteiger partial charge on any atom is 0.229 e. The van der Waals surface area contributed by atoms with Crippen LogP contribution >= 0.6 is 0 Å². The number of ether oxygens (including phenoxy) is 1. The van der Waals surface area contributed by atoms with Gasteiger partial charge in [0.25, 0.3) is 0 Å². The topological polar surface area (TPSA) is 92.8 Å². The monoisotopic (exact) mass is 203 g/mol. The molecule has 4 N–H and O–H groups in total. The Morgan fingerprint density at radius 1 is 1.29 bits per heavy atom. The molecule has 1 aliphatic rings. The largest absolute Gasteiger partial charge is 0.369 e. The van der Waals surface area contributed by atoms with E-state index in [2.05, 4.69) is 0 Å². The van der Waals surface area contributed by atoms with Crippen molar-refractivity contribution in [2.75, 3.05) is 0 Å². The molecule has 0 radical (unpaired) electrons. The molecule has 1 unspecified atom stereocenters. The van der Waals surface area contributed by atoms with E-state index < -0.39 is 28.8 Å². The third-order valence-corrected chi connectivity index (χ3v) is 2.79. The zero-order valence-corrected chi connectivity index (χ0v) is 8.87. The Bertz CT molecular complexity index is 270. The van der Waals surface area contributed by atoms with Crippen LogP contribution in [0.25, 0.3) is 0 Å². The second kappa shape index (κ2) is 2.68. The average molecular weight is 203 g/mol. The highest BCUT2D eigenvalue weighted by atomic mass is 16.6. The number of nitrogens with two attached hydrogens (primary N) is 1. The summed E-state index contributed by atoms with van der Waals surface area (Å²) >= 11 is 0. The zero-order valence-electron chi connectivity index (χ0n) is 8.87. The Morgan fingerprint density at radius 2 is 1.71 bits per heavy atom. The first-order chi connectivity index (χ1) is 6.02. The van der Waals surface area contributed by atoms with E-state index in [0.29, 0.717) is 0 Å². The summed E-state index contributed by atoms with van der Waals surface area (Å²) in [5.41, 5.74) is 2.95. The lowest BCUT2D eigenvalue weighted by molar-refractivity contribution is -0.244. The Hall–Kier alpha value is -0.650. The number of carbonyl (C=O) groups excluding carboxylic acids is 1. The van der Waals surface area contributed by atoms with Gasteiger partial charge in [0, 0.05) is 0 Å². The van der Waals surface area contributed by atoms with Gasteiger partial charge in [0.15, 0.2) is 0 Å². The molecule has 1 aliphatic heterocycles. The van der Waals surface area contributed by atoms with Crippen molar-refractivity contribution in [1.29, 1.82) is 0 Å². The van der Waals surface area contributed by atoms with E-state index in [4.69, 9.17) is 10.5 Å². The molecule has 0 aliphatic carbocycles. The van der Waals surface area contributed by atoms with Gasteiger partial charge in [0.2, 0.25) is 11.7 Å². The number of hydrogen-bond acceptors (Lipinski definition) is 4. The SMILES string of the molecule is CC1(C)OC(C)(C)C(O)(O)C1C(N)=O. The van der Waals surface area contributed by atoms with Gasteiger partial charge >= 0.3 is 0 Å². The van der Waals surface area contributed by atoms with Crippen molar-refractivity contribution in [3.8, 4) is 0 Å². The Balaban J connectivity index is 3.21. The van der Waals surface area contributed by atoms with Gasteiger partial charge in [-0.15, -0.1) is 0 Å². The molecule has 0 spiro atoms. The molecule has 0 aromatic carbocycles. The molecule has 14 heavy (non-hydrogen) atoms. The van der Waals surface area contributed by atoms with Crippen LogP contribution < -0.4 is 5.73 Å². The highest BCUT2D eigenvalue weighted by molar-refractivity contribution is 5.79. The third kappa shape index (κ3) is 1.32. The normalized spacial score (nSPS) is 32.9. The Labute approximate surface area is 82.9 Å². The second-order valence-electron chi connectivity index (χ2n) is 4.78. The molecule has 0 bridgehead atoms. The highest BCUT2D eigenvalue weighted by Crippen LogP contribution is 2.47. The number of carbonyl (C=O) groups is 1. The minimum absolute atomic E-state index is 0.773. The summed E-state index contributed by atoms with van der Waals surface area (Å²) in [4.78, 5) is 11.1. The van der Waals surface area contributed by atoms with E-state index in [-0.39, 0.29) is 0 Å². The van der Waals surface area contributed by atoms with E-state index in [9.17, 15) is 15.0 Å². The Kier molecular flexibility index (Phi) is 2.19. The van der Waals surface area contributed by atoms with Crippen LogP contribution in [0.5, 0.6) is 0 Å². The predicted octanol–water partition coefficient (Wildman–Crippen LogP) is -0.644. The summed E-state index contributed by atoms with van der Waals surface area (Å²) in [6.07, 6.45) is 0. The standard InChI is InChI=1S/C9H17NO4/c1-7(2)5(6(10)11)9(12,13)8(3,4)14-7/h5,12-13H,1-4H3,(H2,10,11). The minimum Gasteiger partial charge on any atom is -0.369 e. The lowest BCUT2D eigenvalue weighted by atomic mass is 9.81. The van der Waals surface area contributed by atoms with Gasteiger partial charge in [0.05, 0.1) is 5.60 Å². The van der Waals surface area contributed by atoms with Gasteiger partial charge in [-0.2, -0.15) is 0 Å². The van der Waals surface area contributed by atoms with Gasteiger partial charge < -0.3 is 20.7 Å². The molecule has 1 heterocycles. The van der Waals surface area contributed by atoms with Crippen molar-refractivity contribution in [3.05, 3.63) is 0 Å². The summed E-state index contributed by atoms with van der Waals surface area (Å²) in [6, 6.07) is 0. The third-order valence-electron chi connectivity index (χ3n) is 2.79. The van der Waals surface area contributed by atoms with Crippen LogP contribution in [0, 0.1) is 5.92 Å². The zero-order chi connectivity index (χ0) is 11.4. The first kappa shape index (κ1) is 11.4. The summed E-state index contributed by atoms with van der Waals surface area (Å²) in [5, 5.41) is 19.6. The van der Waals surface area contributed by atoms with Crippen LogP contribution in [0.2, 0.25) is 0 Å². The average Bonchev–Trinajstić information content (AvgIpc) is 1.90. The van der Waals surface area contributed by atoms with E-state index in [1.165, 1.54) is 13.8 Å². The minimum atomic E-state index is -2.23. The van der Waals surface area contributed by atoms with Crippen LogP contribution in [0.4, 0.5) is 0 Å². The summed E-state index contributed by atoms with van der Waals surface area (Å²) in [7, 11) is 0. The number of primary amides is 1. The fourth-order valence-corrected chi connectivity index (χ4v) is 2.16. The first-order valence-corrected chi connectivity index (χ1v) is 4.46. The van der Waals surface area contributed by atoms with E-state index >= 15 is 0 Å². The number of aliphatic hydroxyl groups is 2. The van der Waals surface area contributed by atoms with Crippen molar-refractivity contribution < 1.29 is 19.7 Å². The van der Waals surface area contributed by atoms with E-state index in [0.717, 1.165) is 0 Å². The number of rotatable bonds is 1. The molecule has 0 aromatic heterocycles. The van der Waals surface area contributed by atoms with Gasteiger partial charge in [-0.05, 0) is 27.7 Å². The molecule has 0 aromatic rings. The first-order valence-electron chi connectivity index (χ1n) is 4.46. The Morgan fingerprint density at radius 3 is 1.86 bits per heavy atom. The summed E-state index contributed by atoms with van der Waals surface area (Å²) in [6.45, 7) is 6.24. The van der Waals surface area contributed by atoms with Gasteiger partial charge in [0.1, 0.15) is 11.5 Å². The quantitative estimate of drug-likeness (QED) is 0.494. The van der Waals surface area contributed by atoms with Crippen molar-refractivity contribution >= 4 is 5.91 Å². The van der Waals surface area contributed by atoms with Crippen molar-refractivity contribution in [3.63, 3.8) is 0 Å². The highest BCUT2D eigenvalue weighted by Gasteiger charge is 2.65. The molecule has 5 nitrogen and oxygen atoms in total. The van der Waals surface area contributed by atoms with Gasteiger partial charge in [-0.3, -0.25) is 4.79 Å². The molecule has 1 rings (SSSR count). The lowest BCUT2D eigenvalue weighted by Crippen LogP contribution is -2.55. The maximum atomic E-state index is 11.1. The molecular weight excluding hydrogens is 186 g/mol. The van der Waals surface area contributed by atoms with Gasteiger partial charge in [-0.1, -0.05) is 0 Å². The summed E-state index contributed by atoms with van der Waals surface area (Å²) in [5.74, 6) is -4.14. The van der Waals surface area contributed by atoms with Gasteiger partial charge in [-0.25, -0.2) is 0 Å². The smallest absolute Gasteiger partial charge is 0.229 e.